The van der Waals surface area contributed by atoms with Crippen molar-refractivity contribution >= 4 is 16.0 Å². The minimum atomic E-state index is -3.71. The summed E-state index contributed by atoms with van der Waals surface area (Å²) in [6.45, 7) is 1.88. The Morgan fingerprint density at radius 1 is 1.04 bits per heavy atom. The minimum absolute atomic E-state index is 0.183. The number of benzene rings is 2. The summed E-state index contributed by atoms with van der Waals surface area (Å²) < 4.78 is 46.6. The van der Waals surface area contributed by atoms with E-state index in [-0.39, 0.29) is 10.5 Å². The number of nitrogens with one attached hydrogen (secondary N) is 1. The highest BCUT2D eigenvalue weighted by molar-refractivity contribution is 7.89. The van der Waals surface area contributed by atoms with Gasteiger partial charge in [0.05, 0.1) is 16.5 Å². The number of halogens is 1. The fraction of sp³-hybridized carbons (Fsp3) is 0.350. The maximum Gasteiger partial charge on any atom is 0.338 e. The van der Waals surface area contributed by atoms with Crippen molar-refractivity contribution < 1.29 is 22.3 Å². The van der Waals surface area contributed by atoms with Crippen LogP contribution in [0.1, 0.15) is 41.6 Å². The van der Waals surface area contributed by atoms with E-state index in [1.54, 1.807) is 24.3 Å². The fourth-order valence-corrected chi connectivity index (χ4v) is 4.45. The molecule has 0 heterocycles. The lowest BCUT2D eigenvalue weighted by atomic mass is 9.93. The molecule has 2 aromatic rings. The van der Waals surface area contributed by atoms with Gasteiger partial charge in [-0.1, -0.05) is 24.1 Å². The van der Waals surface area contributed by atoms with E-state index in [0.717, 1.165) is 18.4 Å². The zero-order valence-corrected chi connectivity index (χ0v) is 15.8. The number of rotatable bonds is 5. The highest BCUT2D eigenvalue weighted by Gasteiger charge is 2.32. The van der Waals surface area contributed by atoms with Gasteiger partial charge in [-0.05, 0) is 62.6 Å². The smallest absolute Gasteiger partial charge is 0.338 e. The number of carbonyl (C=O) groups is 1. The van der Waals surface area contributed by atoms with Crippen LogP contribution < -0.4 is 4.72 Å². The average Bonchev–Trinajstić information content (AvgIpc) is 2.64. The molecule has 1 fully saturated rings. The molecule has 27 heavy (non-hydrogen) atoms. The Balaban J connectivity index is 1.72. The van der Waals surface area contributed by atoms with Crippen LogP contribution in [0.25, 0.3) is 0 Å². The molecule has 0 amide bonds. The molecule has 1 aliphatic carbocycles. The molecule has 0 radical (unpaired) electrons. The summed E-state index contributed by atoms with van der Waals surface area (Å²) in [4.78, 5) is 12.5. The van der Waals surface area contributed by atoms with Crippen molar-refractivity contribution in [3.05, 3.63) is 65.5 Å². The van der Waals surface area contributed by atoms with Gasteiger partial charge in [-0.25, -0.2) is 22.3 Å². The van der Waals surface area contributed by atoms with Crippen molar-refractivity contribution in [2.45, 2.75) is 49.6 Å². The molecule has 3 rings (SSSR count). The van der Waals surface area contributed by atoms with Crippen LogP contribution in [-0.4, -0.2) is 26.5 Å². The van der Waals surface area contributed by atoms with Gasteiger partial charge < -0.3 is 4.74 Å². The number of hydrogen-bond acceptors (Lipinski definition) is 4. The van der Waals surface area contributed by atoms with Gasteiger partial charge in [-0.3, -0.25) is 0 Å². The number of sulfonamides is 1. The second-order valence-electron chi connectivity index (χ2n) is 6.78. The van der Waals surface area contributed by atoms with Crippen LogP contribution in [0.4, 0.5) is 4.39 Å². The van der Waals surface area contributed by atoms with Gasteiger partial charge in [0.15, 0.2) is 0 Å². The number of hydrogen-bond donors (Lipinski definition) is 1. The lowest BCUT2D eigenvalue weighted by Crippen LogP contribution is -2.46. The van der Waals surface area contributed by atoms with Crippen molar-refractivity contribution in [3.63, 3.8) is 0 Å². The van der Waals surface area contributed by atoms with E-state index in [1.165, 1.54) is 24.3 Å². The molecule has 0 bridgehead atoms. The second kappa shape index (κ2) is 8.19. The van der Waals surface area contributed by atoms with Gasteiger partial charge in [-0.15, -0.1) is 0 Å². The summed E-state index contributed by atoms with van der Waals surface area (Å²) in [6, 6.07) is 11.2. The van der Waals surface area contributed by atoms with Crippen molar-refractivity contribution in [3.8, 4) is 0 Å². The van der Waals surface area contributed by atoms with Gasteiger partial charge in [0.2, 0.25) is 10.0 Å². The highest BCUT2D eigenvalue weighted by atomic mass is 32.2. The van der Waals surface area contributed by atoms with Crippen LogP contribution in [0.15, 0.2) is 53.4 Å². The quantitative estimate of drug-likeness (QED) is 0.791. The van der Waals surface area contributed by atoms with Crippen LogP contribution >= 0.6 is 0 Å². The lowest BCUT2D eigenvalue weighted by molar-refractivity contribution is 0.0130. The molecule has 5 nitrogen and oxygen atoms in total. The summed E-state index contributed by atoms with van der Waals surface area (Å²) in [5.74, 6) is -1.02. The second-order valence-corrected chi connectivity index (χ2v) is 8.49. The Hall–Kier alpha value is -2.25. The van der Waals surface area contributed by atoms with Gasteiger partial charge >= 0.3 is 5.97 Å². The molecule has 1 aliphatic rings. The number of carbonyl (C=O) groups excluding carboxylic acids is 1. The van der Waals surface area contributed by atoms with E-state index in [4.69, 9.17) is 4.74 Å². The van der Waals surface area contributed by atoms with Crippen molar-refractivity contribution in [2.24, 2.45) is 0 Å². The first-order chi connectivity index (χ1) is 12.8. The first kappa shape index (κ1) is 19.5. The van der Waals surface area contributed by atoms with E-state index in [9.17, 15) is 17.6 Å². The molecule has 2 atom stereocenters. The Morgan fingerprint density at radius 2 is 1.67 bits per heavy atom. The summed E-state index contributed by atoms with van der Waals surface area (Å²) in [5, 5.41) is 0. The third-order valence-electron chi connectivity index (χ3n) is 4.68. The predicted molar refractivity (Wildman–Crippen MR) is 99.4 cm³/mol. The fourth-order valence-electron chi connectivity index (χ4n) is 3.15. The molecular weight excluding hydrogens is 369 g/mol. The first-order valence-corrected chi connectivity index (χ1v) is 10.4. The highest BCUT2D eigenvalue weighted by Crippen LogP contribution is 2.24. The molecule has 0 spiro atoms. The SMILES string of the molecule is Cc1ccc(S(=O)(=O)N[C@H]2CCCC[C@@H]2OC(=O)c2ccc(F)cc2)cc1. The van der Waals surface area contributed by atoms with Gasteiger partial charge in [0, 0.05) is 0 Å². The predicted octanol–water partition coefficient (Wildman–Crippen LogP) is 3.58. The van der Waals surface area contributed by atoms with Crippen LogP contribution in [0, 0.1) is 12.7 Å². The molecule has 0 aliphatic heterocycles. The van der Waals surface area contributed by atoms with E-state index < -0.39 is 34.0 Å². The summed E-state index contributed by atoms with van der Waals surface area (Å²) in [7, 11) is -3.71. The van der Waals surface area contributed by atoms with Crippen molar-refractivity contribution in [2.75, 3.05) is 0 Å². The molecule has 144 valence electrons. The Bertz CT molecular complexity index is 895. The van der Waals surface area contributed by atoms with Crippen LogP contribution in [-0.2, 0) is 14.8 Å². The van der Waals surface area contributed by atoms with Gasteiger partial charge in [0.1, 0.15) is 11.9 Å². The Kier molecular flexibility index (Phi) is 5.92. The number of aryl methyl sites for hydroxylation is 1. The average molecular weight is 391 g/mol. The van der Waals surface area contributed by atoms with Crippen LogP contribution in [0.5, 0.6) is 0 Å². The molecule has 2 aromatic carbocycles. The zero-order valence-electron chi connectivity index (χ0n) is 15.0. The lowest BCUT2D eigenvalue weighted by Gasteiger charge is -2.31. The largest absolute Gasteiger partial charge is 0.457 e. The summed E-state index contributed by atoms with van der Waals surface area (Å²) in [5.41, 5.74) is 1.21. The van der Waals surface area contributed by atoms with E-state index in [2.05, 4.69) is 4.72 Å². The van der Waals surface area contributed by atoms with E-state index >= 15 is 0 Å². The summed E-state index contributed by atoms with van der Waals surface area (Å²) in [6.07, 6.45) is 2.31. The molecule has 0 aromatic heterocycles. The molecular formula is C20H22FNO4S. The molecule has 1 saturated carbocycles. The van der Waals surface area contributed by atoms with E-state index in [0.29, 0.717) is 12.8 Å². The van der Waals surface area contributed by atoms with Crippen LogP contribution in [0.3, 0.4) is 0 Å². The monoisotopic (exact) mass is 391 g/mol. The maximum atomic E-state index is 13.0. The number of ether oxygens (including phenoxy) is 1. The minimum Gasteiger partial charge on any atom is -0.457 e. The summed E-state index contributed by atoms with van der Waals surface area (Å²) >= 11 is 0. The third kappa shape index (κ3) is 4.93. The molecule has 7 heteroatoms. The Labute approximate surface area is 158 Å². The van der Waals surface area contributed by atoms with Gasteiger partial charge in [-0.2, -0.15) is 0 Å². The first-order valence-electron chi connectivity index (χ1n) is 8.91. The van der Waals surface area contributed by atoms with E-state index in [1.807, 2.05) is 6.92 Å². The maximum absolute atomic E-state index is 13.0. The number of esters is 1. The van der Waals surface area contributed by atoms with Crippen LogP contribution in [0.2, 0.25) is 0 Å². The normalized spacial score (nSPS) is 20.2. The zero-order chi connectivity index (χ0) is 19.4. The van der Waals surface area contributed by atoms with Crippen molar-refractivity contribution in [1.82, 2.24) is 4.72 Å². The third-order valence-corrected chi connectivity index (χ3v) is 6.18. The molecule has 0 saturated heterocycles. The van der Waals surface area contributed by atoms with Crippen molar-refractivity contribution in [1.29, 1.82) is 0 Å². The molecule has 0 unspecified atom stereocenters. The standard InChI is InChI=1S/C20H22FNO4S/c1-14-6-12-17(13-7-14)27(24,25)22-18-4-2-3-5-19(18)26-20(23)15-8-10-16(21)11-9-15/h6-13,18-19,22H,2-5H2,1H3/t18-,19-/m0/s1. The van der Waals surface area contributed by atoms with Gasteiger partial charge in [0.25, 0.3) is 0 Å². The Morgan fingerprint density at radius 3 is 2.33 bits per heavy atom. The topological polar surface area (TPSA) is 72.5 Å². The molecule has 1 N–H and O–H groups in total.